The van der Waals surface area contributed by atoms with Gasteiger partial charge in [-0.05, 0) is 49.9 Å². The molecule has 2 atom stereocenters. The molecule has 0 bridgehead atoms. The minimum Gasteiger partial charge on any atom is -0.345 e. The van der Waals surface area contributed by atoms with Gasteiger partial charge in [-0.25, -0.2) is 0 Å². The predicted octanol–water partition coefficient (Wildman–Crippen LogP) is 2.11. The Morgan fingerprint density at radius 3 is 2.38 bits per heavy atom. The van der Waals surface area contributed by atoms with E-state index in [0.29, 0.717) is 31.1 Å². The molecule has 0 aromatic heterocycles. The fraction of sp³-hybridized carbons (Fsp3) is 0.579. The van der Waals surface area contributed by atoms with Crippen molar-refractivity contribution in [2.24, 2.45) is 17.6 Å². The quantitative estimate of drug-likeness (QED) is 0.868. The van der Waals surface area contributed by atoms with Crippen LogP contribution >= 0.6 is 0 Å². The van der Waals surface area contributed by atoms with E-state index in [2.05, 4.69) is 0 Å². The first kappa shape index (κ1) is 18.5. The van der Waals surface area contributed by atoms with E-state index in [-0.39, 0.29) is 17.7 Å². The molecule has 0 spiro atoms. The molecule has 0 radical (unpaired) electrons. The van der Waals surface area contributed by atoms with Gasteiger partial charge in [0.25, 0.3) is 5.91 Å². The number of rotatable bonds is 6. The Labute approximate surface area is 144 Å². The molecule has 0 aliphatic heterocycles. The third kappa shape index (κ3) is 4.15. The second-order valence-electron chi connectivity index (χ2n) is 6.78. The molecule has 2 N–H and O–H groups in total. The summed E-state index contributed by atoms with van der Waals surface area (Å²) in [6, 6.07) is 7.52. The average Bonchev–Trinajstić information content (AvgIpc) is 3.07. The van der Waals surface area contributed by atoms with E-state index in [1.807, 2.05) is 36.1 Å². The van der Waals surface area contributed by atoms with Gasteiger partial charge in [-0.3, -0.25) is 9.59 Å². The van der Waals surface area contributed by atoms with Crippen LogP contribution in [-0.4, -0.2) is 48.8 Å². The van der Waals surface area contributed by atoms with Gasteiger partial charge in [-0.2, -0.15) is 0 Å². The van der Waals surface area contributed by atoms with Crippen molar-refractivity contribution in [3.63, 3.8) is 0 Å². The minimum absolute atomic E-state index is 0.0123. The van der Waals surface area contributed by atoms with Gasteiger partial charge < -0.3 is 15.5 Å². The molecule has 1 saturated carbocycles. The lowest BCUT2D eigenvalue weighted by Gasteiger charge is -2.27. The number of hydrogen-bond acceptors (Lipinski definition) is 3. The summed E-state index contributed by atoms with van der Waals surface area (Å²) in [7, 11) is 3.48. The Hall–Kier alpha value is -1.88. The normalized spacial score (nSPS) is 20.0. The highest BCUT2D eigenvalue weighted by molar-refractivity contribution is 5.93. The average molecular weight is 331 g/mol. The summed E-state index contributed by atoms with van der Waals surface area (Å²) in [5.74, 6) is 0.608. The standard InChI is InChI=1S/C19H29N3O2/c1-4-22(19(24)17-7-5-6-16(17)12-20)13-14-8-10-15(11-9-14)18(23)21(2)3/h8-11,16-17H,4-7,12-13,20H2,1-3H3/t16-,17-/m1/s1. The first-order valence-electron chi connectivity index (χ1n) is 8.77. The fourth-order valence-corrected chi connectivity index (χ4v) is 3.46. The molecule has 5 heteroatoms. The smallest absolute Gasteiger partial charge is 0.253 e. The van der Waals surface area contributed by atoms with Gasteiger partial charge in [-0.1, -0.05) is 18.6 Å². The maximum atomic E-state index is 12.8. The zero-order valence-corrected chi connectivity index (χ0v) is 15.0. The largest absolute Gasteiger partial charge is 0.345 e. The van der Waals surface area contributed by atoms with Gasteiger partial charge in [0.15, 0.2) is 0 Å². The molecule has 2 amide bonds. The summed E-state index contributed by atoms with van der Waals surface area (Å²) in [4.78, 5) is 28.2. The summed E-state index contributed by atoms with van der Waals surface area (Å²) < 4.78 is 0. The van der Waals surface area contributed by atoms with Gasteiger partial charge in [0, 0.05) is 38.7 Å². The third-order valence-corrected chi connectivity index (χ3v) is 4.95. The molecule has 5 nitrogen and oxygen atoms in total. The molecule has 1 fully saturated rings. The molecular weight excluding hydrogens is 302 g/mol. The summed E-state index contributed by atoms with van der Waals surface area (Å²) >= 11 is 0. The second kappa shape index (κ2) is 8.29. The molecule has 0 unspecified atom stereocenters. The number of carbonyl (C=O) groups excluding carboxylic acids is 2. The van der Waals surface area contributed by atoms with Gasteiger partial charge in [0.05, 0.1) is 0 Å². The number of hydrogen-bond donors (Lipinski definition) is 1. The van der Waals surface area contributed by atoms with Crippen molar-refractivity contribution in [2.45, 2.75) is 32.7 Å². The van der Waals surface area contributed by atoms with Crippen molar-refractivity contribution in [3.05, 3.63) is 35.4 Å². The second-order valence-corrected chi connectivity index (χ2v) is 6.78. The molecule has 1 aliphatic rings. The van der Waals surface area contributed by atoms with E-state index in [9.17, 15) is 9.59 Å². The van der Waals surface area contributed by atoms with Gasteiger partial charge >= 0.3 is 0 Å². The number of benzene rings is 1. The summed E-state index contributed by atoms with van der Waals surface area (Å²) in [5.41, 5.74) is 7.53. The summed E-state index contributed by atoms with van der Waals surface area (Å²) in [5, 5.41) is 0. The highest BCUT2D eigenvalue weighted by Crippen LogP contribution is 2.32. The van der Waals surface area contributed by atoms with E-state index in [1.165, 1.54) is 0 Å². The molecule has 1 aromatic rings. The summed E-state index contributed by atoms with van der Waals surface area (Å²) in [6.45, 7) is 3.87. The number of nitrogens with two attached hydrogens (primary N) is 1. The molecule has 1 aliphatic carbocycles. The first-order valence-corrected chi connectivity index (χ1v) is 8.77. The number of amides is 2. The molecule has 24 heavy (non-hydrogen) atoms. The van der Waals surface area contributed by atoms with Gasteiger partial charge in [0.1, 0.15) is 0 Å². The number of nitrogens with zero attached hydrogens (tertiary/aromatic N) is 2. The third-order valence-electron chi connectivity index (χ3n) is 4.95. The van der Waals surface area contributed by atoms with Crippen molar-refractivity contribution < 1.29 is 9.59 Å². The zero-order chi connectivity index (χ0) is 17.7. The topological polar surface area (TPSA) is 66.6 Å². The molecule has 0 heterocycles. The van der Waals surface area contributed by atoms with Crippen LogP contribution in [-0.2, 0) is 11.3 Å². The van der Waals surface area contributed by atoms with Crippen LogP contribution in [0.15, 0.2) is 24.3 Å². The predicted molar refractivity (Wildman–Crippen MR) is 95.4 cm³/mol. The highest BCUT2D eigenvalue weighted by Gasteiger charge is 2.34. The van der Waals surface area contributed by atoms with Crippen LogP contribution in [0.4, 0.5) is 0 Å². The molecular formula is C19H29N3O2. The van der Waals surface area contributed by atoms with Crippen molar-refractivity contribution >= 4 is 11.8 Å². The van der Waals surface area contributed by atoms with E-state index in [1.54, 1.807) is 19.0 Å². The van der Waals surface area contributed by atoms with Crippen LogP contribution in [0.1, 0.15) is 42.1 Å². The Kier molecular flexibility index (Phi) is 6.37. The van der Waals surface area contributed by atoms with E-state index < -0.39 is 0 Å². The lowest BCUT2D eigenvalue weighted by molar-refractivity contribution is -0.137. The van der Waals surface area contributed by atoms with Crippen LogP contribution in [0.2, 0.25) is 0 Å². The maximum Gasteiger partial charge on any atom is 0.253 e. The van der Waals surface area contributed by atoms with Crippen molar-refractivity contribution in [2.75, 3.05) is 27.2 Å². The van der Waals surface area contributed by atoms with Crippen LogP contribution in [0.25, 0.3) is 0 Å². The van der Waals surface area contributed by atoms with Crippen LogP contribution in [0.3, 0.4) is 0 Å². The Morgan fingerprint density at radius 2 is 1.83 bits per heavy atom. The Balaban J connectivity index is 2.04. The van der Waals surface area contributed by atoms with Gasteiger partial charge in [-0.15, -0.1) is 0 Å². The zero-order valence-electron chi connectivity index (χ0n) is 15.0. The monoisotopic (exact) mass is 331 g/mol. The summed E-state index contributed by atoms with van der Waals surface area (Å²) in [6.07, 6.45) is 3.11. The van der Waals surface area contributed by atoms with Gasteiger partial charge in [0.2, 0.25) is 5.91 Å². The number of carbonyl (C=O) groups is 2. The SMILES string of the molecule is CCN(Cc1ccc(C(=O)N(C)C)cc1)C(=O)[C@@H]1CCC[C@@H]1CN. The Bertz CT molecular complexity index is 568. The maximum absolute atomic E-state index is 12.8. The van der Waals surface area contributed by atoms with Crippen molar-refractivity contribution in [1.82, 2.24) is 9.80 Å². The molecule has 2 rings (SSSR count). The minimum atomic E-state index is -0.0123. The lowest BCUT2D eigenvalue weighted by Crippen LogP contribution is -2.38. The van der Waals surface area contributed by atoms with Crippen LogP contribution in [0.5, 0.6) is 0 Å². The van der Waals surface area contributed by atoms with E-state index in [0.717, 1.165) is 24.8 Å². The van der Waals surface area contributed by atoms with Crippen molar-refractivity contribution in [3.8, 4) is 0 Å². The highest BCUT2D eigenvalue weighted by atomic mass is 16.2. The Morgan fingerprint density at radius 1 is 1.17 bits per heavy atom. The van der Waals surface area contributed by atoms with E-state index >= 15 is 0 Å². The van der Waals surface area contributed by atoms with Crippen LogP contribution < -0.4 is 5.73 Å². The molecule has 1 aromatic carbocycles. The molecule has 132 valence electrons. The lowest BCUT2D eigenvalue weighted by atomic mass is 9.94. The first-order chi connectivity index (χ1) is 11.5. The van der Waals surface area contributed by atoms with Crippen LogP contribution in [0, 0.1) is 11.8 Å². The van der Waals surface area contributed by atoms with E-state index in [4.69, 9.17) is 5.73 Å². The fourth-order valence-electron chi connectivity index (χ4n) is 3.46. The van der Waals surface area contributed by atoms with Crippen molar-refractivity contribution in [1.29, 1.82) is 0 Å². The molecule has 0 saturated heterocycles.